The predicted octanol–water partition coefficient (Wildman–Crippen LogP) is 1.45. The smallest absolute Gasteiger partial charge is 0.250 e. The maximum absolute atomic E-state index is 13.9. The zero-order valence-electron chi connectivity index (χ0n) is 10.1. The quantitative estimate of drug-likeness (QED) is 0.797. The third-order valence-electron chi connectivity index (χ3n) is 2.97. The van der Waals surface area contributed by atoms with Crippen LogP contribution in [0.4, 0.5) is 15.8 Å². The number of carbonyl (C=O) groups is 1. The van der Waals surface area contributed by atoms with Crippen molar-refractivity contribution in [2.24, 2.45) is 5.73 Å². The van der Waals surface area contributed by atoms with E-state index in [1.807, 2.05) is 16.7 Å². The zero-order valence-corrected chi connectivity index (χ0v) is 11.0. The molecule has 98 valence electrons. The minimum atomic E-state index is -0.631. The van der Waals surface area contributed by atoms with Crippen LogP contribution in [0.2, 0.25) is 0 Å². The molecule has 1 aromatic carbocycles. The van der Waals surface area contributed by atoms with Crippen molar-refractivity contribution in [3.63, 3.8) is 0 Å². The summed E-state index contributed by atoms with van der Waals surface area (Å²) in [4.78, 5) is 13.2. The molecule has 0 saturated carbocycles. The number of benzene rings is 1. The number of thioether (sulfide) groups is 1. The Bertz CT molecular complexity index is 481. The van der Waals surface area contributed by atoms with Gasteiger partial charge >= 0.3 is 0 Å². The summed E-state index contributed by atoms with van der Waals surface area (Å²) in [6, 6.07) is 2.62. The Hall–Kier alpha value is -1.43. The van der Waals surface area contributed by atoms with Gasteiger partial charge in [-0.15, -0.1) is 0 Å². The summed E-state index contributed by atoms with van der Waals surface area (Å²) in [6.07, 6.45) is 0. The second-order valence-corrected chi connectivity index (χ2v) is 5.93. The van der Waals surface area contributed by atoms with E-state index >= 15 is 0 Å². The van der Waals surface area contributed by atoms with Crippen molar-refractivity contribution in [1.29, 1.82) is 0 Å². The van der Waals surface area contributed by atoms with Gasteiger partial charge in [-0.1, -0.05) is 6.92 Å². The summed E-state index contributed by atoms with van der Waals surface area (Å²) in [5.41, 5.74) is 11.5. The Balaban J connectivity index is 2.37. The molecule has 1 aliphatic rings. The first-order valence-electron chi connectivity index (χ1n) is 5.74. The van der Waals surface area contributed by atoms with Crippen LogP contribution in [0.1, 0.15) is 17.3 Å². The second kappa shape index (κ2) is 5.06. The topological polar surface area (TPSA) is 72.3 Å². The molecular weight excluding hydrogens is 253 g/mol. The van der Waals surface area contributed by atoms with Crippen LogP contribution >= 0.6 is 11.8 Å². The van der Waals surface area contributed by atoms with Crippen LogP contribution in [0.25, 0.3) is 0 Å². The lowest BCUT2D eigenvalue weighted by Crippen LogP contribution is -2.37. The highest BCUT2D eigenvalue weighted by Gasteiger charge is 2.21. The Morgan fingerprint density at radius 3 is 2.89 bits per heavy atom. The maximum atomic E-state index is 13.9. The van der Waals surface area contributed by atoms with Crippen molar-refractivity contribution in [3.05, 3.63) is 23.5 Å². The number of nitrogen functional groups attached to an aromatic ring is 1. The van der Waals surface area contributed by atoms with Gasteiger partial charge in [-0.25, -0.2) is 4.39 Å². The molecule has 4 nitrogen and oxygen atoms in total. The van der Waals surface area contributed by atoms with E-state index in [-0.39, 0.29) is 11.3 Å². The lowest BCUT2D eigenvalue weighted by Gasteiger charge is -2.32. The van der Waals surface area contributed by atoms with E-state index in [1.165, 1.54) is 12.1 Å². The molecule has 6 heteroatoms. The third kappa shape index (κ3) is 2.53. The molecule has 1 amide bonds. The van der Waals surface area contributed by atoms with E-state index in [1.54, 1.807) is 0 Å². The fourth-order valence-electron chi connectivity index (χ4n) is 2.07. The van der Waals surface area contributed by atoms with Gasteiger partial charge < -0.3 is 16.4 Å². The van der Waals surface area contributed by atoms with Gasteiger partial charge in [-0.3, -0.25) is 4.79 Å². The van der Waals surface area contributed by atoms with Gasteiger partial charge in [0.15, 0.2) is 0 Å². The predicted molar refractivity (Wildman–Crippen MR) is 73.5 cm³/mol. The summed E-state index contributed by atoms with van der Waals surface area (Å²) in [7, 11) is 0. The molecule has 1 aromatic rings. The van der Waals surface area contributed by atoms with Crippen LogP contribution < -0.4 is 16.4 Å². The number of hydrogen-bond donors (Lipinski definition) is 2. The SMILES string of the molecule is CC1CN(c2cc(C(N)=O)c(N)cc2F)CCS1. The molecule has 0 bridgehead atoms. The monoisotopic (exact) mass is 269 g/mol. The van der Waals surface area contributed by atoms with Crippen LogP contribution in [0.3, 0.4) is 0 Å². The normalized spacial score (nSPS) is 19.9. The standard InChI is InChI=1S/C12H16FN3OS/c1-7-6-16(2-3-18-7)11-4-8(12(15)17)10(14)5-9(11)13/h4-5,7H,2-3,6,14H2,1H3,(H2,15,17). The number of nitrogens with two attached hydrogens (primary N) is 2. The molecule has 1 heterocycles. The van der Waals surface area contributed by atoms with Crippen molar-refractivity contribution in [2.75, 3.05) is 29.5 Å². The number of amides is 1. The molecule has 1 atom stereocenters. The Labute approximate surface area is 110 Å². The highest BCUT2D eigenvalue weighted by atomic mass is 32.2. The molecule has 4 N–H and O–H groups in total. The molecule has 2 rings (SSSR count). The first-order chi connectivity index (χ1) is 8.49. The lowest BCUT2D eigenvalue weighted by molar-refractivity contribution is 0.100. The van der Waals surface area contributed by atoms with Crippen molar-refractivity contribution in [1.82, 2.24) is 0 Å². The fraction of sp³-hybridized carbons (Fsp3) is 0.417. The van der Waals surface area contributed by atoms with Crippen molar-refractivity contribution < 1.29 is 9.18 Å². The molecule has 0 aliphatic carbocycles. The molecular formula is C12H16FN3OS. The first-order valence-corrected chi connectivity index (χ1v) is 6.79. The van der Waals surface area contributed by atoms with Crippen molar-refractivity contribution >= 4 is 29.0 Å². The van der Waals surface area contributed by atoms with Crippen LogP contribution in [0.15, 0.2) is 12.1 Å². The van der Waals surface area contributed by atoms with Gasteiger partial charge in [-0.2, -0.15) is 11.8 Å². The summed E-state index contributed by atoms with van der Waals surface area (Å²) >= 11 is 1.86. The highest BCUT2D eigenvalue weighted by Crippen LogP contribution is 2.29. The van der Waals surface area contributed by atoms with Gasteiger partial charge in [-0.05, 0) is 12.1 Å². The lowest BCUT2D eigenvalue weighted by atomic mass is 10.1. The number of rotatable bonds is 2. The number of carbonyl (C=O) groups excluding carboxylic acids is 1. The highest BCUT2D eigenvalue weighted by molar-refractivity contribution is 8.00. The average molecular weight is 269 g/mol. The van der Waals surface area contributed by atoms with E-state index < -0.39 is 11.7 Å². The van der Waals surface area contributed by atoms with Gasteiger partial charge in [0, 0.05) is 29.8 Å². The van der Waals surface area contributed by atoms with Crippen LogP contribution in [0, 0.1) is 5.82 Å². The molecule has 0 radical (unpaired) electrons. The van der Waals surface area contributed by atoms with Crippen molar-refractivity contribution in [3.8, 4) is 0 Å². The molecule has 1 unspecified atom stereocenters. The largest absolute Gasteiger partial charge is 0.398 e. The molecule has 0 aromatic heterocycles. The number of nitrogens with zero attached hydrogens (tertiary/aromatic N) is 1. The first kappa shape index (κ1) is 13.0. The third-order valence-corrected chi connectivity index (χ3v) is 4.10. The van der Waals surface area contributed by atoms with Gasteiger partial charge in [0.05, 0.1) is 11.3 Å². The van der Waals surface area contributed by atoms with E-state index in [0.717, 1.165) is 18.8 Å². The van der Waals surface area contributed by atoms with Gasteiger partial charge in [0.2, 0.25) is 0 Å². The minimum absolute atomic E-state index is 0.0863. The molecule has 18 heavy (non-hydrogen) atoms. The van der Waals surface area contributed by atoms with Crippen LogP contribution in [-0.2, 0) is 0 Å². The number of halogens is 1. The fourth-order valence-corrected chi connectivity index (χ4v) is 3.08. The molecule has 0 spiro atoms. The maximum Gasteiger partial charge on any atom is 0.250 e. The van der Waals surface area contributed by atoms with Gasteiger partial charge in [0.25, 0.3) is 5.91 Å². The average Bonchev–Trinajstić information content (AvgIpc) is 2.28. The summed E-state index contributed by atoms with van der Waals surface area (Å²) in [5.74, 6) is -0.0959. The zero-order chi connectivity index (χ0) is 13.3. The van der Waals surface area contributed by atoms with E-state index in [0.29, 0.717) is 10.9 Å². The Morgan fingerprint density at radius 2 is 2.28 bits per heavy atom. The summed E-state index contributed by atoms with van der Waals surface area (Å²) in [6.45, 7) is 3.61. The number of hydrogen-bond acceptors (Lipinski definition) is 4. The Morgan fingerprint density at radius 1 is 1.56 bits per heavy atom. The summed E-state index contributed by atoms with van der Waals surface area (Å²) < 4.78 is 13.9. The van der Waals surface area contributed by atoms with Gasteiger partial charge in [0.1, 0.15) is 5.82 Å². The van der Waals surface area contributed by atoms with Crippen molar-refractivity contribution in [2.45, 2.75) is 12.2 Å². The Kier molecular flexibility index (Phi) is 3.65. The number of anilines is 2. The van der Waals surface area contributed by atoms with Crippen LogP contribution in [0.5, 0.6) is 0 Å². The summed E-state index contributed by atoms with van der Waals surface area (Å²) in [5, 5.41) is 0.438. The van der Waals surface area contributed by atoms with E-state index in [9.17, 15) is 9.18 Å². The van der Waals surface area contributed by atoms with E-state index in [2.05, 4.69) is 6.92 Å². The van der Waals surface area contributed by atoms with Crippen LogP contribution in [-0.4, -0.2) is 30.0 Å². The molecule has 1 saturated heterocycles. The second-order valence-electron chi connectivity index (χ2n) is 4.38. The molecule has 1 aliphatic heterocycles. The minimum Gasteiger partial charge on any atom is -0.398 e. The number of primary amides is 1. The molecule has 1 fully saturated rings. The van der Waals surface area contributed by atoms with E-state index in [4.69, 9.17) is 11.5 Å².